The van der Waals surface area contributed by atoms with Crippen LogP contribution in [0.15, 0.2) is 18.2 Å². The van der Waals surface area contributed by atoms with E-state index in [0.717, 1.165) is 25.7 Å². The maximum Gasteiger partial charge on any atom is 0.170 e. The predicted octanol–water partition coefficient (Wildman–Crippen LogP) is 3.07. The topological polar surface area (TPSA) is 44.3 Å². The second-order valence-corrected chi connectivity index (χ2v) is 5.55. The van der Waals surface area contributed by atoms with Crippen molar-refractivity contribution in [2.45, 2.75) is 37.8 Å². The molecule has 1 aliphatic carbocycles. The van der Waals surface area contributed by atoms with Crippen LogP contribution >= 0.6 is 23.8 Å². The lowest BCUT2D eigenvalue weighted by Gasteiger charge is -2.27. The van der Waals surface area contributed by atoms with Gasteiger partial charge in [0.25, 0.3) is 0 Å². The van der Waals surface area contributed by atoms with Gasteiger partial charge in [-0.2, -0.15) is 0 Å². The molecule has 19 heavy (non-hydrogen) atoms. The first-order valence-corrected chi connectivity index (χ1v) is 7.04. The molecule has 0 radical (unpaired) electrons. The van der Waals surface area contributed by atoms with E-state index in [1.165, 1.54) is 12.1 Å². The lowest BCUT2D eigenvalue weighted by molar-refractivity contribution is 0.120. The van der Waals surface area contributed by atoms with Crippen LogP contribution in [0.5, 0.6) is 0 Å². The highest BCUT2D eigenvalue weighted by atomic mass is 35.5. The molecule has 0 saturated heterocycles. The van der Waals surface area contributed by atoms with E-state index in [-0.39, 0.29) is 17.2 Å². The maximum absolute atomic E-state index is 13.0. The Morgan fingerprint density at radius 3 is 2.63 bits per heavy atom. The zero-order valence-electron chi connectivity index (χ0n) is 10.3. The summed E-state index contributed by atoms with van der Waals surface area (Å²) < 4.78 is 13.0. The van der Waals surface area contributed by atoms with E-state index in [1.54, 1.807) is 6.07 Å². The number of anilines is 1. The number of rotatable bonds is 2. The molecule has 1 aromatic carbocycles. The number of nitrogens with one attached hydrogen (secondary N) is 2. The van der Waals surface area contributed by atoms with Crippen LogP contribution in [0.3, 0.4) is 0 Å². The fourth-order valence-electron chi connectivity index (χ4n) is 2.15. The summed E-state index contributed by atoms with van der Waals surface area (Å²) in [4.78, 5) is 0. The third kappa shape index (κ3) is 4.30. The molecule has 3 nitrogen and oxygen atoms in total. The van der Waals surface area contributed by atoms with Gasteiger partial charge in [-0.05, 0) is 56.1 Å². The summed E-state index contributed by atoms with van der Waals surface area (Å²) >= 11 is 10.9. The lowest BCUT2D eigenvalue weighted by atomic mass is 9.93. The molecule has 1 aliphatic rings. The molecule has 6 heteroatoms. The van der Waals surface area contributed by atoms with Gasteiger partial charge in [0, 0.05) is 11.7 Å². The number of thiocarbonyl (C=S) groups is 1. The van der Waals surface area contributed by atoms with Crippen molar-refractivity contribution in [3.8, 4) is 0 Å². The van der Waals surface area contributed by atoms with Gasteiger partial charge in [0.05, 0.1) is 11.1 Å². The van der Waals surface area contributed by atoms with E-state index in [1.807, 2.05) is 0 Å². The van der Waals surface area contributed by atoms with Crippen LogP contribution in [-0.4, -0.2) is 22.4 Å². The van der Waals surface area contributed by atoms with Crippen molar-refractivity contribution in [3.63, 3.8) is 0 Å². The van der Waals surface area contributed by atoms with Gasteiger partial charge >= 0.3 is 0 Å². The summed E-state index contributed by atoms with van der Waals surface area (Å²) in [6.45, 7) is 0. The number of benzene rings is 1. The van der Waals surface area contributed by atoms with Crippen molar-refractivity contribution in [1.82, 2.24) is 5.32 Å². The summed E-state index contributed by atoms with van der Waals surface area (Å²) in [5.41, 5.74) is 0.653. The van der Waals surface area contributed by atoms with Crippen LogP contribution in [0, 0.1) is 5.82 Å². The third-order valence-electron chi connectivity index (χ3n) is 3.21. The standard InChI is InChI=1S/C13H16ClFN2OS/c14-11-7-9(3-6-12(11)15)17-13(19)16-8-1-4-10(18)5-2-8/h3,6-8,10,18H,1-2,4-5H2,(H2,16,17,19). The SMILES string of the molecule is OC1CCC(NC(=S)Nc2ccc(F)c(Cl)c2)CC1. The normalized spacial score (nSPS) is 22.9. The van der Waals surface area contributed by atoms with E-state index >= 15 is 0 Å². The fourth-order valence-corrected chi connectivity index (χ4v) is 2.61. The average Bonchev–Trinajstić information content (AvgIpc) is 2.37. The minimum atomic E-state index is -0.452. The highest BCUT2D eigenvalue weighted by Crippen LogP contribution is 2.20. The van der Waals surface area contributed by atoms with Crippen molar-refractivity contribution >= 4 is 34.6 Å². The maximum atomic E-state index is 13.0. The van der Waals surface area contributed by atoms with Crippen molar-refractivity contribution in [2.75, 3.05) is 5.32 Å². The molecular formula is C13H16ClFN2OS. The van der Waals surface area contributed by atoms with E-state index < -0.39 is 5.82 Å². The molecule has 1 saturated carbocycles. The van der Waals surface area contributed by atoms with Crippen molar-refractivity contribution < 1.29 is 9.50 Å². The monoisotopic (exact) mass is 302 g/mol. The Balaban J connectivity index is 1.85. The Morgan fingerprint density at radius 2 is 2.00 bits per heavy atom. The third-order valence-corrected chi connectivity index (χ3v) is 3.72. The molecule has 0 aromatic heterocycles. The Kier molecular flexibility index (Phi) is 4.96. The van der Waals surface area contributed by atoms with E-state index in [9.17, 15) is 9.50 Å². The second kappa shape index (κ2) is 6.50. The van der Waals surface area contributed by atoms with Gasteiger partial charge in [0.2, 0.25) is 0 Å². The molecular weight excluding hydrogens is 287 g/mol. The molecule has 1 fully saturated rings. The summed E-state index contributed by atoms with van der Waals surface area (Å²) in [5, 5.41) is 16.1. The fraction of sp³-hybridized carbons (Fsp3) is 0.462. The van der Waals surface area contributed by atoms with Crippen LogP contribution in [0.1, 0.15) is 25.7 Å². The van der Waals surface area contributed by atoms with Crippen LogP contribution in [-0.2, 0) is 0 Å². The first kappa shape index (κ1) is 14.5. The molecule has 0 bridgehead atoms. The van der Waals surface area contributed by atoms with Gasteiger partial charge in [-0.1, -0.05) is 11.6 Å². The molecule has 2 rings (SSSR count). The zero-order chi connectivity index (χ0) is 13.8. The Hall–Kier alpha value is -0.910. The molecule has 0 aliphatic heterocycles. The quantitative estimate of drug-likeness (QED) is 0.735. The number of hydrogen-bond donors (Lipinski definition) is 3. The van der Waals surface area contributed by atoms with Crippen LogP contribution in [0.25, 0.3) is 0 Å². The summed E-state index contributed by atoms with van der Waals surface area (Å²) in [6.07, 6.45) is 3.20. The van der Waals surface area contributed by atoms with Crippen LogP contribution < -0.4 is 10.6 Å². The predicted molar refractivity (Wildman–Crippen MR) is 79.0 cm³/mol. The number of aliphatic hydroxyl groups excluding tert-OH is 1. The summed E-state index contributed by atoms with van der Waals surface area (Å²) in [6, 6.07) is 4.65. The molecule has 3 N–H and O–H groups in total. The molecule has 1 aromatic rings. The van der Waals surface area contributed by atoms with Crippen LogP contribution in [0.2, 0.25) is 5.02 Å². The first-order chi connectivity index (χ1) is 9.04. The summed E-state index contributed by atoms with van der Waals surface area (Å²) in [7, 11) is 0. The zero-order valence-corrected chi connectivity index (χ0v) is 11.9. The largest absolute Gasteiger partial charge is 0.393 e. The van der Waals surface area contributed by atoms with E-state index in [0.29, 0.717) is 10.8 Å². The lowest BCUT2D eigenvalue weighted by Crippen LogP contribution is -2.40. The van der Waals surface area contributed by atoms with Crippen molar-refractivity contribution in [3.05, 3.63) is 29.0 Å². The molecule has 0 spiro atoms. The average molecular weight is 303 g/mol. The van der Waals surface area contributed by atoms with E-state index in [4.69, 9.17) is 23.8 Å². The molecule has 0 atom stereocenters. The second-order valence-electron chi connectivity index (χ2n) is 4.73. The highest BCUT2D eigenvalue weighted by Gasteiger charge is 2.19. The molecule has 104 valence electrons. The minimum absolute atomic E-state index is 0.0635. The first-order valence-electron chi connectivity index (χ1n) is 6.25. The Bertz CT molecular complexity index is 464. The number of halogens is 2. The number of hydrogen-bond acceptors (Lipinski definition) is 2. The minimum Gasteiger partial charge on any atom is -0.393 e. The smallest absolute Gasteiger partial charge is 0.170 e. The Labute approximate surface area is 122 Å². The van der Waals surface area contributed by atoms with Gasteiger partial charge in [-0.3, -0.25) is 0 Å². The van der Waals surface area contributed by atoms with Gasteiger partial charge in [0.1, 0.15) is 5.82 Å². The van der Waals surface area contributed by atoms with E-state index in [2.05, 4.69) is 10.6 Å². The van der Waals surface area contributed by atoms with Crippen LogP contribution in [0.4, 0.5) is 10.1 Å². The van der Waals surface area contributed by atoms with Gasteiger partial charge in [-0.15, -0.1) is 0 Å². The molecule has 0 amide bonds. The Morgan fingerprint density at radius 1 is 1.32 bits per heavy atom. The van der Waals surface area contributed by atoms with Crippen molar-refractivity contribution in [2.24, 2.45) is 0 Å². The number of aliphatic hydroxyl groups is 1. The molecule has 0 heterocycles. The van der Waals surface area contributed by atoms with Gasteiger partial charge < -0.3 is 15.7 Å². The van der Waals surface area contributed by atoms with Gasteiger partial charge in [-0.25, -0.2) is 4.39 Å². The highest BCUT2D eigenvalue weighted by molar-refractivity contribution is 7.80. The summed E-state index contributed by atoms with van der Waals surface area (Å²) in [5.74, 6) is -0.452. The van der Waals surface area contributed by atoms with Gasteiger partial charge in [0.15, 0.2) is 5.11 Å². The van der Waals surface area contributed by atoms with Crippen molar-refractivity contribution in [1.29, 1.82) is 0 Å². The molecule has 0 unspecified atom stereocenters.